The van der Waals surface area contributed by atoms with E-state index in [9.17, 15) is 14.7 Å². The van der Waals surface area contributed by atoms with Crippen molar-refractivity contribution in [1.29, 1.82) is 0 Å². The molecule has 2 aromatic carbocycles. The SMILES string of the molecule is CC(c1ccc(N2C[C@@H]3C[C@H]3C2)cc1)n1ncc2c(Cl)ccc(C(=O)NC3CCC(C(=O)O)CC3)c21. The van der Waals surface area contributed by atoms with E-state index in [0.717, 1.165) is 41.4 Å². The summed E-state index contributed by atoms with van der Waals surface area (Å²) in [5.74, 6) is 0.542. The molecule has 1 unspecified atom stereocenters. The normalized spacial score (nSPS) is 26.0. The van der Waals surface area contributed by atoms with Crippen LogP contribution >= 0.6 is 11.6 Å². The Labute approximate surface area is 215 Å². The van der Waals surface area contributed by atoms with E-state index in [0.29, 0.717) is 36.3 Å². The summed E-state index contributed by atoms with van der Waals surface area (Å²) in [6, 6.07) is 12.1. The van der Waals surface area contributed by atoms with E-state index >= 15 is 0 Å². The first-order valence-corrected chi connectivity index (χ1v) is 13.3. The van der Waals surface area contributed by atoms with Crippen LogP contribution in [0.4, 0.5) is 5.69 Å². The van der Waals surface area contributed by atoms with E-state index in [1.165, 1.54) is 12.1 Å². The molecule has 3 fully saturated rings. The van der Waals surface area contributed by atoms with Gasteiger partial charge in [0, 0.05) is 30.2 Å². The van der Waals surface area contributed by atoms with Crippen molar-refractivity contribution >= 4 is 40.1 Å². The van der Waals surface area contributed by atoms with Crippen LogP contribution in [0.15, 0.2) is 42.6 Å². The minimum atomic E-state index is -0.748. The topological polar surface area (TPSA) is 87.5 Å². The van der Waals surface area contributed by atoms with Gasteiger partial charge in [0.05, 0.1) is 34.3 Å². The lowest BCUT2D eigenvalue weighted by Gasteiger charge is -2.27. The van der Waals surface area contributed by atoms with Crippen LogP contribution in [0.1, 0.15) is 61.0 Å². The van der Waals surface area contributed by atoms with Crippen molar-refractivity contribution in [2.75, 3.05) is 18.0 Å². The van der Waals surface area contributed by atoms with Crippen molar-refractivity contribution in [2.45, 2.75) is 51.1 Å². The average molecular weight is 507 g/mol. The van der Waals surface area contributed by atoms with E-state index in [1.807, 2.05) is 4.68 Å². The third-order valence-corrected chi connectivity index (χ3v) is 8.78. The molecule has 188 valence electrons. The van der Waals surface area contributed by atoms with Crippen LogP contribution in [0.3, 0.4) is 0 Å². The standard InChI is InChI=1S/C28H31ClN4O3/c1-16(17-4-8-22(9-5-17)32-14-19-12-20(19)15-32)33-26-23(10-11-25(29)24(26)13-30-33)27(34)31-21-6-2-18(3-7-21)28(35)36/h4-5,8-11,13,16,18-21H,2-3,6-7,12,14-15H2,1H3,(H,31,34)(H,35,36)/t16?,18?,19-,20-,21?/m0/s1. The van der Waals surface area contributed by atoms with Crippen molar-refractivity contribution in [3.63, 3.8) is 0 Å². The predicted molar refractivity (Wildman–Crippen MR) is 140 cm³/mol. The third kappa shape index (κ3) is 4.23. The van der Waals surface area contributed by atoms with Gasteiger partial charge in [-0.3, -0.25) is 14.3 Å². The third-order valence-electron chi connectivity index (χ3n) is 8.45. The fourth-order valence-electron chi connectivity index (χ4n) is 6.07. The Kier molecular flexibility index (Phi) is 5.91. The number of carboxylic acid groups (broad SMARTS) is 1. The molecule has 2 N–H and O–H groups in total. The monoisotopic (exact) mass is 506 g/mol. The lowest BCUT2D eigenvalue weighted by atomic mass is 9.86. The number of aromatic nitrogens is 2. The van der Waals surface area contributed by atoms with Crippen molar-refractivity contribution < 1.29 is 14.7 Å². The highest BCUT2D eigenvalue weighted by Gasteiger charge is 2.45. The Bertz CT molecular complexity index is 1300. The average Bonchev–Trinajstić information content (AvgIpc) is 3.26. The molecule has 1 aliphatic heterocycles. The van der Waals surface area contributed by atoms with E-state index in [4.69, 9.17) is 11.6 Å². The first-order chi connectivity index (χ1) is 17.4. The molecule has 3 atom stereocenters. The van der Waals surface area contributed by atoms with Gasteiger partial charge in [-0.15, -0.1) is 0 Å². The molecule has 7 nitrogen and oxygen atoms in total. The Morgan fingerprint density at radius 2 is 1.75 bits per heavy atom. The van der Waals surface area contributed by atoms with Gasteiger partial charge in [0.2, 0.25) is 0 Å². The second-order valence-electron chi connectivity index (χ2n) is 10.7. The molecular formula is C28H31ClN4O3. The fourth-order valence-corrected chi connectivity index (χ4v) is 6.27. The van der Waals surface area contributed by atoms with Gasteiger partial charge in [-0.2, -0.15) is 5.10 Å². The van der Waals surface area contributed by atoms with Gasteiger partial charge < -0.3 is 15.3 Å². The van der Waals surface area contributed by atoms with Gasteiger partial charge in [-0.25, -0.2) is 0 Å². The first-order valence-electron chi connectivity index (χ1n) is 12.9. The fraction of sp³-hybridized carbons (Fsp3) is 0.464. The lowest BCUT2D eigenvalue weighted by Crippen LogP contribution is -2.39. The molecule has 1 amide bonds. The number of fused-ring (bicyclic) bond motifs is 2. The number of amides is 1. The molecule has 1 aromatic heterocycles. The Balaban J connectivity index is 1.23. The van der Waals surface area contributed by atoms with E-state index in [-0.39, 0.29) is 23.9 Å². The number of anilines is 1. The Morgan fingerprint density at radius 1 is 1.06 bits per heavy atom. The molecule has 2 saturated carbocycles. The number of rotatable bonds is 6. The molecule has 3 aliphatic rings. The van der Waals surface area contributed by atoms with Crippen LogP contribution in [-0.2, 0) is 4.79 Å². The molecule has 8 heteroatoms. The summed E-state index contributed by atoms with van der Waals surface area (Å²) in [5.41, 5.74) is 3.64. The quantitative estimate of drug-likeness (QED) is 0.484. The number of carbonyl (C=O) groups excluding carboxylic acids is 1. The summed E-state index contributed by atoms with van der Waals surface area (Å²) < 4.78 is 1.89. The van der Waals surface area contributed by atoms with Crippen LogP contribution in [0.25, 0.3) is 10.9 Å². The summed E-state index contributed by atoms with van der Waals surface area (Å²) >= 11 is 6.50. The molecule has 2 heterocycles. The van der Waals surface area contributed by atoms with Crippen molar-refractivity contribution in [3.05, 3.63) is 58.7 Å². The number of nitrogens with one attached hydrogen (secondary N) is 1. The highest BCUT2D eigenvalue weighted by Crippen LogP contribution is 2.46. The lowest BCUT2D eigenvalue weighted by molar-refractivity contribution is -0.142. The van der Waals surface area contributed by atoms with Gasteiger partial charge in [-0.05, 0) is 80.7 Å². The predicted octanol–water partition coefficient (Wildman–Crippen LogP) is 5.13. The van der Waals surface area contributed by atoms with Gasteiger partial charge in [0.25, 0.3) is 5.91 Å². The largest absolute Gasteiger partial charge is 0.481 e. The summed E-state index contributed by atoms with van der Waals surface area (Å²) in [7, 11) is 0. The minimum absolute atomic E-state index is 0.0307. The zero-order valence-electron chi connectivity index (χ0n) is 20.4. The van der Waals surface area contributed by atoms with Gasteiger partial charge in [0.15, 0.2) is 0 Å². The minimum Gasteiger partial charge on any atom is -0.481 e. The second-order valence-corrected chi connectivity index (χ2v) is 11.1. The number of hydrogen-bond donors (Lipinski definition) is 2. The van der Waals surface area contributed by atoms with Crippen molar-refractivity contribution in [2.24, 2.45) is 17.8 Å². The molecule has 0 spiro atoms. The van der Waals surface area contributed by atoms with Gasteiger partial charge >= 0.3 is 5.97 Å². The Hall–Kier alpha value is -3.06. The van der Waals surface area contributed by atoms with Gasteiger partial charge in [0.1, 0.15) is 0 Å². The number of carboxylic acids is 1. The first kappa shape index (κ1) is 23.3. The zero-order chi connectivity index (χ0) is 25.0. The summed E-state index contributed by atoms with van der Waals surface area (Å²) in [4.78, 5) is 27.1. The van der Waals surface area contributed by atoms with Crippen LogP contribution in [0.5, 0.6) is 0 Å². The highest BCUT2D eigenvalue weighted by atomic mass is 35.5. The number of aliphatic carboxylic acids is 1. The number of benzene rings is 2. The molecule has 2 aliphatic carbocycles. The van der Waals surface area contributed by atoms with Crippen molar-refractivity contribution in [1.82, 2.24) is 15.1 Å². The molecular weight excluding hydrogens is 476 g/mol. The van der Waals surface area contributed by atoms with Crippen LogP contribution in [0.2, 0.25) is 5.02 Å². The maximum atomic E-state index is 13.4. The van der Waals surface area contributed by atoms with Crippen LogP contribution in [0, 0.1) is 17.8 Å². The number of nitrogens with zero attached hydrogens (tertiary/aromatic N) is 3. The van der Waals surface area contributed by atoms with Crippen molar-refractivity contribution in [3.8, 4) is 0 Å². The van der Waals surface area contributed by atoms with E-state index in [1.54, 1.807) is 18.3 Å². The molecule has 3 aromatic rings. The van der Waals surface area contributed by atoms with Gasteiger partial charge in [-0.1, -0.05) is 23.7 Å². The second kappa shape index (κ2) is 9.11. The number of hydrogen-bond acceptors (Lipinski definition) is 4. The highest BCUT2D eigenvalue weighted by molar-refractivity contribution is 6.36. The zero-order valence-corrected chi connectivity index (χ0v) is 21.1. The molecule has 1 saturated heterocycles. The van der Waals surface area contributed by atoms with E-state index in [2.05, 4.69) is 46.5 Å². The molecule has 0 bridgehead atoms. The maximum absolute atomic E-state index is 13.4. The van der Waals surface area contributed by atoms with Crippen LogP contribution in [-0.4, -0.2) is 45.9 Å². The Morgan fingerprint density at radius 3 is 2.42 bits per heavy atom. The maximum Gasteiger partial charge on any atom is 0.306 e. The molecule has 36 heavy (non-hydrogen) atoms. The summed E-state index contributed by atoms with van der Waals surface area (Å²) in [5, 5.41) is 18.3. The number of halogens is 1. The summed E-state index contributed by atoms with van der Waals surface area (Å²) in [6.07, 6.45) is 5.62. The smallest absolute Gasteiger partial charge is 0.306 e. The number of carbonyl (C=O) groups is 2. The van der Waals surface area contributed by atoms with E-state index < -0.39 is 5.97 Å². The summed E-state index contributed by atoms with van der Waals surface area (Å²) in [6.45, 7) is 4.42. The molecule has 0 radical (unpaired) electrons. The number of piperidine rings is 1. The van der Waals surface area contributed by atoms with Crippen LogP contribution < -0.4 is 10.2 Å². The molecule has 6 rings (SSSR count).